The van der Waals surface area contributed by atoms with E-state index in [1.165, 1.54) is 6.07 Å². The van der Waals surface area contributed by atoms with Crippen LogP contribution in [0.15, 0.2) is 18.2 Å². The van der Waals surface area contributed by atoms with Crippen molar-refractivity contribution in [3.05, 3.63) is 40.8 Å². The number of fused-ring (bicyclic) bond motifs is 1. The van der Waals surface area contributed by atoms with Crippen molar-refractivity contribution in [3.63, 3.8) is 0 Å². The monoisotopic (exact) mass is 385 g/mol. The maximum Gasteiger partial charge on any atom is 0.273 e. The van der Waals surface area contributed by atoms with Crippen LogP contribution in [0.4, 0.5) is 21.8 Å². The number of carbonyl (C=O) groups is 1. The normalized spacial score (nSPS) is 16.7. The molecule has 8 heteroatoms. The minimum absolute atomic E-state index is 0.0539. The third-order valence-corrected chi connectivity index (χ3v) is 5.14. The van der Waals surface area contributed by atoms with Crippen LogP contribution < -0.4 is 10.2 Å². The molecule has 0 atom stereocenters. The Bertz CT molecular complexity index is 912. The average Bonchev–Trinajstić information content (AvgIpc) is 3.03. The van der Waals surface area contributed by atoms with Crippen molar-refractivity contribution in [1.82, 2.24) is 14.9 Å². The van der Waals surface area contributed by atoms with E-state index in [0.29, 0.717) is 61.6 Å². The number of aromatic nitrogens is 2. The Labute approximate surface area is 163 Å². The van der Waals surface area contributed by atoms with Gasteiger partial charge in [-0.3, -0.25) is 4.79 Å². The molecule has 1 saturated heterocycles. The average molecular weight is 385 g/mol. The van der Waals surface area contributed by atoms with Gasteiger partial charge in [0.2, 0.25) is 5.95 Å². The molecule has 2 aliphatic heterocycles. The van der Waals surface area contributed by atoms with E-state index in [0.717, 1.165) is 5.56 Å². The first-order valence-electron chi connectivity index (χ1n) is 9.52. The van der Waals surface area contributed by atoms with E-state index in [2.05, 4.69) is 10.3 Å². The fourth-order valence-corrected chi connectivity index (χ4v) is 3.41. The standard InChI is InChI=1S/C20H24FN5O2/c1-12(2)26-11-15-17(19(26)27)23-20(25-6-8-28-9-7-25)24-18(15)22-14-5-4-13(3)16(21)10-14/h4-5,10,12H,6-9,11H2,1-3H3,(H,22,23,24). The number of halogens is 1. The van der Waals surface area contributed by atoms with E-state index >= 15 is 0 Å². The van der Waals surface area contributed by atoms with Crippen LogP contribution in [0.3, 0.4) is 0 Å². The Morgan fingerprint density at radius 3 is 2.64 bits per heavy atom. The van der Waals surface area contributed by atoms with Crippen LogP contribution in [-0.2, 0) is 11.3 Å². The van der Waals surface area contributed by atoms with Crippen molar-refractivity contribution in [2.75, 3.05) is 36.5 Å². The molecule has 1 fully saturated rings. The van der Waals surface area contributed by atoms with Crippen molar-refractivity contribution in [3.8, 4) is 0 Å². The van der Waals surface area contributed by atoms with Gasteiger partial charge in [0, 0.05) is 30.4 Å². The van der Waals surface area contributed by atoms with Crippen molar-refractivity contribution in [2.24, 2.45) is 0 Å². The molecule has 0 radical (unpaired) electrons. The molecular formula is C20H24FN5O2. The smallest absolute Gasteiger partial charge is 0.273 e. The van der Waals surface area contributed by atoms with Crippen molar-refractivity contribution in [1.29, 1.82) is 0 Å². The second-order valence-corrected chi connectivity index (χ2v) is 7.41. The zero-order chi connectivity index (χ0) is 19.8. The summed E-state index contributed by atoms with van der Waals surface area (Å²) in [6.07, 6.45) is 0. The largest absolute Gasteiger partial charge is 0.378 e. The lowest BCUT2D eigenvalue weighted by molar-refractivity contribution is 0.0726. The van der Waals surface area contributed by atoms with E-state index in [4.69, 9.17) is 9.72 Å². The SMILES string of the molecule is Cc1ccc(Nc2nc(N3CCOCC3)nc3c2CN(C(C)C)C3=O)cc1F. The van der Waals surface area contributed by atoms with Crippen LogP contribution in [0, 0.1) is 12.7 Å². The van der Waals surface area contributed by atoms with Crippen molar-refractivity contribution >= 4 is 23.4 Å². The van der Waals surface area contributed by atoms with E-state index in [-0.39, 0.29) is 17.8 Å². The number of morpholine rings is 1. The maximum atomic E-state index is 14.0. The lowest BCUT2D eigenvalue weighted by Gasteiger charge is -2.27. The van der Waals surface area contributed by atoms with E-state index in [9.17, 15) is 9.18 Å². The molecule has 1 aromatic heterocycles. The molecule has 2 aromatic rings. The highest BCUT2D eigenvalue weighted by molar-refractivity contribution is 5.98. The second kappa shape index (κ2) is 7.35. The topological polar surface area (TPSA) is 70.6 Å². The number of rotatable bonds is 4. The molecule has 0 aliphatic carbocycles. The Morgan fingerprint density at radius 2 is 1.96 bits per heavy atom. The van der Waals surface area contributed by atoms with Gasteiger partial charge in [-0.25, -0.2) is 9.37 Å². The Balaban J connectivity index is 1.75. The third-order valence-electron chi connectivity index (χ3n) is 5.14. The van der Waals surface area contributed by atoms with E-state index in [1.54, 1.807) is 24.0 Å². The summed E-state index contributed by atoms with van der Waals surface area (Å²) in [4.78, 5) is 25.9. The second-order valence-electron chi connectivity index (χ2n) is 7.41. The first-order chi connectivity index (χ1) is 13.4. The van der Waals surface area contributed by atoms with Gasteiger partial charge in [-0.2, -0.15) is 4.98 Å². The maximum absolute atomic E-state index is 14.0. The van der Waals surface area contributed by atoms with Crippen LogP contribution in [-0.4, -0.2) is 53.1 Å². The molecule has 1 amide bonds. The lowest BCUT2D eigenvalue weighted by atomic mass is 10.2. The van der Waals surface area contributed by atoms with Crippen molar-refractivity contribution < 1.29 is 13.9 Å². The summed E-state index contributed by atoms with van der Waals surface area (Å²) in [7, 11) is 0. The number of benzene rings is 1. The van der Waals surface area contributed by atoms with Gasteiger partial charge >= 0.3 is 0 Å². The molecular weight excluding hydrogens is 361 g/mol. The number of nitrogens with zero attached hydrogens (tertiary/aromatic N) is 4. The predicted molar refractivity (Wildman–Crippen MR) is 104 cm³/mol. The summed E-state index contributed by atoms with van der Waals surface area (Å²) < 4.78 is 19.4. The van der Waals surface area contributed by atoms with Crippen LogP contribution in [0.5, 0.6) is 0 Å². The number of hydrogen-bond donors (Lipinski definition) is 1. The number of carbonyl (C=O) groups excluding carboxylic acids is 1. The van der Waals surface area contributed by atoms with Gasteiger partial charge in [-0.05, 0) is 38.5 Å². The summed E-state index contributed by atoms with van der Waals surface area (Å²) in [5, 5.41) is 3.20. The molecule has 7 nitrogen and oxygen atoms in total. The van der Waals surface area contributed by atoms with Gasteiger partial charge in [0.15, 0.2) is 0 Å². The summed E-state index contributed by atoms with van der Waals surface area (Å²) in [6, 6.07) is 5.01. The molecule has 0 unspecified atom stereocenters. The molecule has 0 bridgehead atoms. The molecule has 4 rings (SSSR count). The van der Waals surface area contributed by atoms with E-state index < -0.39 is 0 Å². The molecule has 0 spiro atoms. The number of ether oxygens (including phenoxy) is 1. The molecule has 1 N–H and O–H groups in total. The van der Waals surface area contributed by atoms with Gasteiger partial charge in [0.05, 0.1) is 19.8 Å². The van der Waals surface area contributed by atoms with Crippen LogP contribution >= 0.6 is 0 Å². The number of anilines is 3. The summed E-state index contributed by atoms with van der Waals surface area (Å²) in [6.45, 7) is 8.63. The zero-order valence-corrected chi connectivity index (χ0v) is 16.3. The summed E-state index contributed by atoms with van der Waals surface area (Å²) in [5.41, 5.74) is 2.33. The Morgan fingerprint density at radius 1 is 1.21 bits per heavy atom. The molecule has 148 valence electrons. The van der Waals surface area contributed by atoms with Gasteiger partial charge in [-0.1, -0.05) is 6.07 Å². The Kier molecular flexibility index (Phi) is 4.89. The highest BCUT2D eigenvalue weighted by Gasteiger charge is 2.35. The zero-order valence-electron chi connectivity index (χ0n) is 16.3. The first-order valence-corrected chi connectivity index (χ1v) is 9.52. The predicted octanol–water partition coefficient (Wildman–Crippen LogP) is 2.87. The highest BCUT2D eigenvalue weighted by atomic mass is 19.1. The van der Waals surface area contributed by atoms with Gasteiger partial charge in [0.25, 0.3) is 5.91 Å². The van der Waals surface area contributed by atoms with Crippen molar-refractivity contribution in [2.45, 2.75) is 33.4 Å². The molecule has 3 heterocycles. The van der Waals surface area contributed by atoms with Gasteiger partial charge in [0.1, 0.15) is 17.3 Å². The third kappa shape index (κ3) is 3.40. The first kappa shape index (κ1) is 18.6. The minimum atomic E-state index is -0.288. The highest BCUT2D eigenvalue weighted by Crippen LogP contribution is 2.32. The fourth-order valence-electron chi connectivity index (χ4n) is 3.41. The Hall–Kier alpha value is -2.74. The fraction of sp³-hybridized carbons (Fsp3) is 0.450. The van der Waals surface area contributed by atoms with Gasteiger partial charge < -0.3 is 19.9 Å². The molecule has 28 heavy (non-hydrogen) atoms. The molecule has 0 saturated carbocycles. The van der Waals surface area contributed by atoms with Crippen LogP contribution in [0.1, 0.15) is 35.5 Å². The van der Waals surface area contributed by atoms with E-state index in [1.807, 2.05) is 18.7 Å². The van der Waals surface area contributed by atoms with Gasteiger partial charge in [-0.15, -0.1) is 0 Å². The van der Waals surface area contributed by atoms with Crippen LogP contribution in [0.2, 0.25) is 0 Å². The summed E-state index contributed by atoms with van der Waals surface area (Å²) >= 11 is 0. The number of hydrogen-bond acceptors (Lipinski definition) is 6. The quantitative estimate of drug-likeness (QED) is 0.873. The molecule has 2 aliphatic rings. The number of aryl methyl sites for hydroxylation is 1. The number of nitrogens with one attached hydrogen (secondary N) is 1. The van der Waals surface area contributed by atoms with Crippen LogP contribution in [0.25, 0.3) is 0 Å². The summed E-state index contributed by atoms with van der Waals surface area (Å²) in [5.74, 6) is 0.659. The number of amides is 1. The minimum Gasteiger partial charge on any atom is -0.378 e. The molecule has 1 aromatic carbocycles. The lowest BCUT2D eigenvalue weighted by Crippen LogP contribution is -2.37.